The van der Waals surface area contributed by atoms with Gasteiger partial charge in [0.05, 0.1) is 7.11 Å². The molecular weight excluding hydrogens is 428 g/mol. The molecular formula is C25H26N8O. The van der Waals surface area contributed by atoms with Gasteiger partial charge in [-0.25, -0.2) is 9.98 Å². The van der Waals surface area contributed by atoms with Crippen LogP contribution in [0.1, 0.15) is 0 Å². The first-order valence-corrected chi connectivity index (χ1v) is 11.6. The van der Waals surface area contributed by atoms with Gasteiger partial charge in [0.1, 0.15) is 23.1 Å². The van der Waals surface area contributed by atoms with Crippen molar-refractivity contribution in [3.8, 4) is 28.4 Å². The number of benzene rings is 1. The van der Waals surface area contributed by atoms with Crippen molar-refractivity contribution < 1.29 is 4.74 Å². The Morgan fingerprint density at radius 2 is 1.79 bits per heavy atom. The molecule has 2 N–H and O–H groups in total. The van der Waals surface area contributed by atoms with Gasteiger partial charge in [-0.05, 0) is 23.8 Å². The van der Waals surface area contributed by atoms with Crippen molar-refractivity contribution in [3.05, 3.63) is 60.3 Å². The number of fused-ring (bicyclic) bond motifs is 3. The monoisotopic (exact) mass is 454 g/mol. The zero-order valence-electron chi connectivity index (χ0n) is 19.0. The molecule has 9 nitrogen and oxygen atoms in total. The summed E-state index contributed by atoms with van der Waals surface area (Å²) >= 11 is 0. The summed E-state index contributed by atoms with van der Waals surface area (Å²) in [5.74, 6) is 3.30. The summed E-state index contributed by atoms with van der Waals surface area (Å²) in [4.78, 5) is 21.0. The summed E-state index contributed by atoms with van der Waals surface area (Å²) in [6.45, 7) is 5.44. The van der Waals surface area contributed by atoms with E-state index in [2.05, 4.69) is 65.4 Å². The number of methoxy groups -OCH3 is 1. The van der Waals surface area contributed by atoms with E-state index in [1.165, 1.54) is 0 Å². The summed E-state index contributed by atoms with van der Waals surface area (Å²) in [6, 6.07) is 16.4. The van der Waals surface area contributed by atoms with Gasteiger partial charge in [-0.3, -0.25) is 0 Å². The van der Waals surface area contributed by atoms with Crippen molar-refractivity contribution in [2.24, 2.45) is 4.99 Å². The second-order valence-corrected chi connectivity index (χ2v) is 8.35. The molecule has 0 unspecified atom stereocenters. The lowest BCUT2D eigenvalue weighted by molar-refractivity contribution is 0.398. The molecule has 0 radical (unpaired) electrons. The van der Waals surface area contributed by atoms with Crippen molar-refractivity contribution in [2.75, 3.05) is 50.1 Å². The van der Waals surface area contributed by atoms with Gasteiger partial charge in [-0.2, -0.15) is 9.97 Å². The maximum absolute atomic E-state index is 5.56. The number of ether oxygens (including phenoxy) is 1. The normalized spacial score (nSPS) is 15.9. The fraction of sp³-hybridized carbons (Fsp3) is 0.280. The average Bonchev–Trinajstić information content (AvgIpc) is 3.40. The maximum atomic E-state index is 5.56. The van der Waals surface area contributed by atoms with E-state index in [1.54, 1.807) is 7.11 Å². The maximum Gasteiger partial charge on any atom is 0.252 e. The van der Waals surface area contributed by atoms with Crippen LogP contribution in [0.2, 0.25) is 0 Å². The van der Waals surface area contributed by atoms with E-state index in [-0.39, 0.29) is 0 Å². The highest BCUT2D eigenvalue weighted by Crippen LogP contribution is 2.36. The molecule has 0 saturated carbocycles. The molecule has 0 aliphatic carbocycles. The highest BCUT2D eigenvalue weighted by atomic mass is 16.5. The van der Waals surface area contributed by atoms with Gasteiger partial charge in [-0.1, -0.05) is 30.3 Å². The van der Waals surface area contributed by atoms with Gasteiger partial charge in [0.2, 0.25) is 5.88 Å². The van der Waals surface area contributed by atoms with Crippen LogP contribution >= 0.6 is 0 Å². The van der Waals surface area contributed by atoms with E-state index in [9.17, 15) is 0 Å². The minimum Gasteiger partial charge on any atom is -0.479 e. The Labute approximate surface area is 197 Å². The molecule has 0 atom stereocenters. The molecule has 172 valence electrons. The zero-order chi connectivity index (χ0) is 22.9. The Kier molecular flexibility index (Phi) is 5.31. The molecule has 0 amide bonds. The third-order valence-corrected chi connectivity index (χ3v) is 6.26. The summed E-state index contributed by atoms with van der Waals surface area (Å²) in [5.41, 5.74) is 4.28. The Hall–Kier alpha value is -3.98. The Bertz CT molecular complexity index is 1360. The third-order valence-electron chi connectivity index (χ3n) is 6.26. The van der Waals surface area contributed by atoms with Crippen LogP contribution in [0.3, 0.4) is 0 Å². The van der Waals surface area contributed by atoms with Gasteiger partial charge in [0, 0.05) is 56.6 Å². The lowest BCUT2D eigenvalue weighted by Gasteiger charge is -2.28. The third kappa shape index (κ3) is 3.73. The van der Waals surface area contributed by atoms with Crippen LogP contribution in [-0.2, 0) is 6.54 Å². The lowest BCUT2D eigenvalue weighted by Crippen LogP contribution is -2.43. The molecule has 1 aromatic heterocycles. The van der Waals surface area contributed by atoms with E-state index >= 15 is 0 Å². The van der Waals surface area contributed by atoms with Crippen LogP contribution in [0, 0.1) is 0 Å². The Balaban J connectivity index is 1.41. The van der Waals surface area contributed by atoms with Crippen molar-refractivity contribution in [1.82, 2.24) is 24.8 Å². The second-order valence-electron chi connectivity index (χ2n) is 8.35. The van der Waals surface area contributed by atoms with Crippen molar-refractivity contribution in [3.63, 3.8) is 0 Å². The number of hydrogen-bond donors (Lipinski definition) is 2. The molecule has 1 saturated heterocycles. The molecule has 1 fully saturated rings. The molecule has 9 heteroatoms. The smallest absolute Gasteiger partial charge is 0.252 e. The number of nitrogens with one attached hydrogen (secondary N) is 2. The van der Waals surface area contributed by atoms with Crippen LogP contribution in [0.4, 0.5) is 17.3 Å². The van der Waals surface area contributed by atoms with E-state index in [1.807, 2.05) is 24.4 Å². The van der Waals surface area contributed by atoms with Gasteiger partial charge in [0.25, 0.3) is 5.62 Å². The number of hydrogen-bond acceptors (Lipinski definition) is 8. The largest absolute Gasteiger partial charge is 0.479 e. The Morgan fingerprint density at radius 1 is 0.941 bits per heavy atom. The van der Waals surface area contributed by atoms with Crippen molar-refractivity contribution >= 4 is 17.3 Å². The number of nitrogens with zero attached hydrogens (tertiary/aromatic N) is 6. The predicted molar refractivity (Wildman–Crippen MR) is 132 cm³/mol. The minimum absolute atomic E-state index is 0.386. The Morgan fingerprint density at radius 3 is 2.62 bits per heavy atom. The number of rotatable bonds is 4. The highest BCUT2D eigenvalue weighted by Gasteiger charge is 2.22. The number of pyridine rings is 2. The van der Waals surface area contributed by atoms with Crippen LogP contribution in [-0.4, -0.2) is 59.4 Å². The SMILES string of the molecule is COc1nc(N2CCNCC2)ccc1N=c1ncc2cc(-c3ccccc3)c3n(c-2n1)CCN3. The quantitative estimate of drug-likeness (QED) is 0.490. The van der Waals surface area contributed by atoms with E-state index in [0.29, 0.717) is 17.2 Å². The van der Waals surface area contributed by atoms with Crippen LogP contribution in [0.25, 0.3) is 22.5 Å². The summed E-state index contributed by atoms with van der Waals surface area (Å²) < 4.78 is 7.77. The fourth-order valence-corrected chi connectivity index (χ4v) is 4.59. The topological polar surface area (TPSA) is 92.5 Å². The molecule has 1 aromatic carbocycles. The van der Waals surface area contributed by atoms with Crippen LogP contribution in [0.5, 0.6) is 5.88 Å². The van der Waals surface area contributed by atoms with Crippen molar-refractivity contribution in [1.29, 1.82) is 0 Å². The molecule has 4 aliphatic rings. The molecule has 0 spiro atoms. The standard InChI is InChI=1S/C25H26N8O/c1-34-24-20(7-8-21(30-24)32-12-9-26-10-13-32)29-25-28-16-18-15-19(17-5-3-2-4-6-17)23-27-11-14-33(23)22(18)31-25/h2-8,15-16,26-27H,9-14H2,1H3. The second kappa shape index (κ2) is 8.75. The van der Waals surface area contributed by atoms with Gasteiger partial charge in [-0.15, -0.1) is 0 Å². The van der Waals surface area contributed by atoms with Crippen LogP contribution < -0.4 is 25.9 Å². The zero-order valence-corrected chi connectivity index (χ0v) is 19.0. The molecule has 0 bridgehead atoms. The summed E-state index contributed by atoms with van der Waals surface area (Å²) in [6.07, 6.45) is 1.84. The van der Waals surface area contributed by atoms with Gasteiger partial charge in [0.15, 0.2) is 0 Å². The van der Waals surface area contributed by atoms with Gasteiger partial charge >= 0.3 is 0 Å². The number of piperazine rings is 1. The van der Waals surface area contributed by atoms with Crippen molar-refractivity contribution in [2.45, 2.75) is 6.54 Å². The van der Waals surface area contributed by atoms with Crippen LogP contribution in [0.15, 0.2) is 59.7 Å². The fourth-order valence-electron chi connectivity index (χ4n) is 4.59. The first-order chi connectivity index (χ1) is 16.8. The number of anilines is 2. The number of aromatic nitrogens is 4. The van der Waals surface area contributed by atoms with E-state index in [0.717, 1.165) is 73.4 Å². The molecule has 34 heavy (non-hydrogen) atoms. The molecule has 6 rings (SSSR count). The average molecular weight is 455 g/mol. The summed E-state index contributed by atoms with van der Waals surface area (Å²) in [7, 11) is 1.61. The molecule has 4 aliphatic heterocycles. The predicted octanol–water partition coefficient (Wildman–Crippen LogP) is 2.52. The van der Waals surface area contributed by atoms with E-state index < -0.39 is 0 Å². The summed E-state index contributed by atoms with van der Waals surface area (Å²) in [5, 5.41) is 6.88. The first-order valence-electron chi connectivity index (χ1n) is 11.6. The van der Waals surface area contributed by atoms with Gasteiger partial charge < -0.3 is 24.8 Å². The first kappa shape index (κ1) is 20.6. The van der Waals surface area contributed by atoms with E-state index in [4.69, 9.17) is 9.72 Å². The minimum atomic E-state index is 0.386. The highest BCUT2D eigenvalue weighted by molar-refractivity contribution is 5.82. The lowest BCUT2D eigenvalue weighted by atomic mass is 10.0. The molecule has 2 aromatic rings. The molecule has 5 heterocycles.